The van der Waals surface area contributed by atoms with Crippen LogP contribution >= 0.6 is 11.6 Å². The fourth-order valence-corrected chi connectivity index (χ4v) is 1.86. The number of halogens is 1. The molecule has 0 spiro atoms. The largest absolute Gasteiger partial charge is 0.344 e. The zero-order valence-corrected chi connectivity index (χ0v) is 13.2. The number of carbonyl (C=O) groups is 1. The quantitative estimate of drug-likeness (QED) is 0.940. The van der Waals surface area contributed by atoms with E-state index in [1.807, 2.05) is 39.0 Å². The van der Waals surface area contributed by atoms with Crippen LogP contribution in [0.4, 0.5) is 0 Å². The van der Waals surface area contributed by atoms with E-state index in [9.17, 15) is 4.79 Å². The molecule has 0 bridgehead atoms. The van der Waals surface area contributed by atoms with Crippen molar-refractivity contribution in [3.63, 3.8) is 0 Å². The van der Waals surface area contributed by atoms with E-state index in [4.69, 9.17) is 16.1 Å². The zero-order valence-electron chi connectivity index (χ0n) is 12.5. The number of nitrogens with one attached hydrogen (secondary N) is 1. The van der Waals surface area contributed by atoms with Gasteiger partial charge in [0.05, 0.1) is 5.02 Å². The van der Waals surface area contributed by atoms with Crippen molar-refractivity contribution in [2.24, 2.45) is 5.41 Å². The Hall–Kier alpha value is -1.88. The molecule has 0 aliphatic heterocycles. The average Bonchev–Trinajstić information content (AvgIpc) is 2.87. The molecule has 0 aliphatic carbocycles. The summed E-state index contributed by atoms with van der Waals surface area (Å²) in [7, 11) is 0. The first kappa shape index (κ1) is 15.5. The van der Waals surface area contributed by atoms with Crippen molar-refractivity contribution < 1.29 is 9.32 Å². The van der Waals surface area contributed by atoms with E-state index in [1.54, 1.807) is 13.0 Å². The lowest BCUT2D eigenvalue weighted by molar-refractivity contribution is -0.129. The van der Waals surface area contributed by atoms with Crippen molar-refractivity contribution in [1.29, 1.82) is 0 Å². The summed E-state index contributed by atoms with van der Waals surface area (Å²) in [6.45, 7) is 7.33. The van der Waals surface area contributed by atoms with Gasteiger partial charge < -0.3 is 9.84 Å². The predicted molar refractivity (Wildman–Crippen MR) is 80.8 cm³/mol. The van der Waals surface area contributed by atoms with Crippen molar-refractivity contribution in [3.05, 3.63) is 35.2 Å². The van der Waals surface area contributed by atoms with E-state index in [2.05, 4.69) is 15.5 Å². The molecule has 112 valence electrons. The highest BCUT2D eigenvalue weighted by atomic mass is 35.5. The molecular weight excluding hydrogens is 290 g/mol. The molecule has 1 heterocycles. The van der Waals surface area contributed by atoms with Crippen LogP contribution in [0.3, 0.4) is 0 Å². The van der Waals surface area contributed by atoms with Gasteiger partial charge in [0.15, 0.2) is 0 Å². The third kappa shape index (κ3) is 3.61. The Morgan fingerprint density at radius 1 is 1.33 bits per heavy atom. The average molecular weight is 308 g/mol. The van der Waals surface area contributed by atoms with Gasteiger partial charge in [-0.1, -0.05) is 49.7 Å². The summed E-state index contributed by atoms with van der Waals surface area (Å²) in [5.41, 5.74) is 0.225. The Labute approximate surface area is 128 Å². The SMILES string of the molecule is C[C@@H](NC(=O)C(C)(C)C)c1nc(-c2ccccc2Cl)no1. The lowest BCUT2D eigenvalue weighted by Crippen LogP contribution is -2.36. The number of carbonyl (C=O) groups excluding carboxylic acids is 1. The van der Waals surface area contributed by atoms with Gasteiger partial charge in [-0.25, -0.2) is 0 Å². The maximum Gasteiger partial charge on any atom is 0.249 e. The first-order valence-corrected chi connectivity index (χ1v) is 7.06. The van der Waals surface area contributed by atoms with Crippen LogP contribution in [0.1, 0.15) is 39.6 Å². The summed E-state index contributed by atoms with van der Waals surface area (Å²) in [6.07, 6.45) is 0. The van der Waals surface area contributed by atoms with Crippen molar-refractivity contribution in [3.8, 4) is 11.4 Å². The third-order valence-electron chi connectivity index (χ3n) is 2.96. The Kier molecular flexibility index (Phi) is 4.32. The highest BCUT2D eigenvalue weighted by molar-refractivity contribution is 6.33. The van der Waals surface area contributed by atoms with Gasteiger partial charge in [0.1, 0.15) is 6.04 Å². The van der Waals surface area contributed by atoms with Gasteiger partial charge in [-0.2, -0.15) is 4.98 Å². The van der Waals surface area contributed by atoms with E-state index in [0.29, 0.717) is 22.3 Å². The van der Waals surface area contributed by atoms with Crippen LogP contribution in [0, 0.1) is 5.41 Å². The molecule has 2 aromatic rings. The number of hydrogen-bond acceptors (Lipinski definition) is 4. The third-order valence-corrected chi connectivity index (χ3v) is 3.29. The molecule has 0 unspecified atom stereocenters. The number of amides is 1. The van der Waals surface area contributed by atoms with Crippen LogP contribution in [0.5, 0.6) is 0 Å². The number of benzene rings is 1. The van der Waals surface area contributed by atoms with E-state index >= 15 is 0 Å². The van der Waals surface area contributed by atoms with Crippen molar-refractivity contribution >= 4 is 17.5 Å². The summed E-state index contributed by atoms with van der Waals surface area (Å²) in [5.74, 6) is 0.683. The highest BCUT2D eigenvalue weighted by Crippen LogP contribution is 2.26. The van der Waals surface area contributed by atoms with Gasteiger partial charge in [-0.15, -0.1) is 0 Å². The fraction of sp³-hybridized carbons (Fsp3) is 0.400. The molecule has 1 aromatic carbocycles. The van der Waals surface area contributed by atoms with Crippen LogP contribution in [-0.2, 0) is 4.79 Å². The molecule has 2 rings (SSSR count). The van der Waals surface area contributed by atoms with Gasteiger partial charge >= 0.3 is 0 Å². The Morgan fingerprint density at radius 2 is 2.00 bits per heavy atom. The van der Waals surface area contributed by atoms with Gasteiger partial charge in [0.2, 0.25) is 17.6 Å². The van der Waals surface area contributed by atoms with Crippen LogP contribution in [-0.4, -0.2) is 16.0 Å². The molecule has 5 nitrogen and oxygen atoms in total. The first-order chi connectivity index (χ1) is 9.79. The van der Waals surface area contributed by atoms with Crippen LogP contribution in [0.15, 0.2) is 28.8 Å². The molecule has 1 aromatic heterocycles. The zero-order chi connectivity index (χ0) is 15.6. The van der Waals surface area contributed by atoms with Gasteiger partial charge in [-0.3, -0.25) is 4.79 Å². The van der Waals surface area contributed by atoms with E-state index < -0.39 is 5.41 Å². The van der Waals surface area contributed by atoms with Crippen molar-refractivity contribution in [2.75, 3.05) is 0 Å². The Balaban J connectivity index is 2.17. The molecule has 1 atom stereocenters. The topological polar surface area (TPSA) is 68.0 Å². The number of nitrogens with zero attached hydrogens (tertiary/aromatic N) is 2. The lowest BCUT2D eigenvalue weighted by Gasteiger charge is -2.19. The van der Waals surface area contributed by atoms with Crippen LogP contribution in [0.25, 0.3) is 11.4 Å². The summed E-state index contributed by atoms with van der Waals surface area (Å²) < 4.78 is 5.21. The standard InChI is InChI=1S/C15H18ClN3O2/c1-9(17-14(20)15(2,3)4)13-18-12(19-21-13)10-7-5-6-8-11(10)16/h5-9H,1-4H3,(H,17,20)/t9-/m1/s1. The second-order valence-electron chi connectivity index (χ2n) is 5.88. The summed E-state index contributed by atoms with van der Waals surface area (Å²) >= 11 is 6.10. The predicted octanol–water partition coefficient (Wildman–Crippen LogP) is 3.61. The minimum Gasteiger partial charge on any atom is -0.344 e. The molecule has 0 aliphatic rings. The second-order valence-corrected chi connectivity index (χ2v) is 6.29. The molecule has 0 saturated heterocycles. The highest BCUT2D eigenvalue weighted by Gasteiger charge is 2.25. The summed E-state index contributed by atoms with van der Waals surface area (Å²) in [6, 6.07) is 6.90. The van der Waals surface area contributed by atoms with Gasteiger partial charge in [-0.05, 0) is 19.1 Å². The first-order valence-electron chi connectivity index (χ1n) is 6.68. The maximum absolute atomic E-state index is 12.0. The molecule has 6 heteroatoms. The maximum atomic E-state index is 12.0. The Bertz CT molecular complexity index is 646. The number of rotatable bonds is 3. The summed E-state index contributed by atoms with van der Waals surface area (Å²) in [5, 5.41) is 7.32. The smallest absolute Gasteiger partial charge is 0.249 e. The molecule has 21 heavy (non-hydrogen) atoms. The van der Waals surface area contributed by atoms with Gasteiger partial charge in [0.25, 0.3) is 0 Å². The molecular formula is C15H18ClN3O2. The molecule has 0 radical (unpaired) electrons. The number of hydrogen-bond donors (Lipinski definition) is 1. The minimum absolute atomic E-state index is 0.0764. The van der Waals surface area contributed by atoms with Crippen LogP contribution < -0.4 is 5.32 Å². The second kappa shape index (κ2) is 5.85. The van der Waals surface area contributed by atoms with E-state index in [0.717, 1.165) is 0 Å². The minimum atomic E-state index is -0.472. The van der Waals surface area contributed by atoms with E-state index in [-0.39, 0.29) is 11.9 Å². The monoisotopic (exact) mass is 307 g/mol. The molecule has 1 amide bonds. The fourth-order valence-electron chi connectivity index (χ4n) is 1.64. The summed E-state index contributed by atoms with van der Waals surface area (Å²) in [4.78, 5) is 16.3. The van der Waals surface area contributed by atoms with Gasteiger partial charge in [0, 0.05) is 11.0 Å². The van der Waals surface area contributed by atoms with Crippen molar-refractivity contribution in [2.45, 2.75) is 33.7 Å². The molecule has 1 N–H and O–H groups in total. The lowest BCUT2D eigenvalue weighted by atomic mass is 9.95. The molecule has 0 saturated carbocycles. The Morgan fingerprint density at radius 3 is 2.62 bits per heavy atom. The van der Waals surface area contributed by atoms with Crippen molar-refractivity contribution in [1.82, 2.24) is 15.5 Å². The number of aromatic nitrogens is 2. The normalized spacial score (nSPS) is 13.0. The molecule has 0 fully saturated rings. The van der Waals surface area contributed by atoms with E-state index in [1.165, 1.54) is 0 Å². The van der Waals surface area contributed by atoms with Crippen LogP contribution in [0.2, 0.25) is 5.02 Å².